The van der Waals surface area contributed by atoms with Gasteiger partial charge >= 0.3 is 5.97 Å². The van der Waals surface area contributed by atoms with Crippen LogP contribution in [-0.4, -0.2) is 16.1 Å². The van der Waals surface area contributed by atoms with E-state index in [1.54, 1.807) is 12.1 Å². The van der Waals surface area contributed by atoms with Crippen molar-refractivity contribution >= 4 is 5.97 Å². The Balaban J connectivity index is 2.13. The molecule has 0 radical (unpaired) electrons. The molecular formula is C14H12FNO3. The van der Waals surface area contributed by atoms with Crippen LogP contribution in [0.2, 0.25) is 0 Å². The second-order valence-corrected chi connectivity index (χ2v) is 4.01. The number of nitrogens with zero attached hydrogens (tertiary/aromatic N) is 1. The van der Waals surface area contributed by atoms with E-state index in [1.807, 2.05) is 6.92 Å². The van der Waals surface area contributed by atoms with Crippen LogP contribution in [0.15, 0.2) is 36.5 Å². The normalized spacial score (nSPS) is 10.2. The molecule has 0 saturated carbocycles. The van der Waals surface area contributed by atoms with E-state index in [1.165, 1.54) is 24.4 Å². The van der Waals surface area contributed by atoms with Crippen molar-refractivity contribution in [3.8, 4) is 5.75 Å². The highest BCUT2D eigenvalue weighted by atomic mass is 19.1. The van der Waals surface area contributed by atoms with Crippen molar-refractivity contribution in [2.75, 3.05) is 0 Å². The summed E-state index contributed by atoms with van der Waals surface area (Å²) in [5, 5.41) is 8.82. The van der Waals surface area contributed by atoms with Gasteiger partial charge in [0.2, 0.25) is 0 Å². The third-order valence-electron chi connectivity index (χ3n) is 2.59. The summed E-state index contributed by atoms with van der Waals surface area (Å²) in [4.78, 5) is 14.8. The summed E-state index contributed by atoms with van der Waals surface area (Å²) in [5.41, 5.74) is 0.690. The zero-order valence-electron chi connectivity index (χ0n) is 10.3. The maximum atomic E-state index is 13.8. The highest BCUT2D eigenvalue weighted by molar-refractivity contribution is 5.88. The number of carbonyl (C=O) groups is 1. The van der Waals surface area contributed by atoms with Gasteiger partial charge in [-0.2, -0.15) is 0 Å². The maximum Gasteiger partial charge on any atom is 0.338 e. The molecule has 4 nitrogen and oxygen atoms in total. The first-order chi connectivity index (χ1) is 9.08. The van der Waals surface area contributed by atoms with Gasteiger partial charge in [-0.05, 0) is 25.1 Å². The number of ether oxygens (including phenoxy) is 1. The van der Waals surface area contributed by atoms with E-state index < -0.39 is 11.8 Å². The van der Waals surface area contributed by atoms with Crippen molar-refractivity contribution in [3.05, 3.63) is 59.2 Å². The highest BCUT2D eigenvalue weighted by Gasteiger charge is 2.13. The smallest absolute Gasteiger partial charge is 0.338 e. The monoisotopic (exact) mass is 261 g/mol. The van der Waals surface area contributed by atoms with Gasteiger partial charge in [0.25, 0.3) is 0 Å². The van der Waals surface area contributed by atoms with Crippen molar-refractivity contribution in [1.82, 2.24) is 4.98 Å². The number of carboxylic acid groups (broad SMARTS) is 1. The highest BCUT2D eigenvalue weighted by Crippen LogP contribution is 2.16. The number of aryl methyl sites for hydroxylation is 1. The fraction of sp³-hybridized carbons (Fsp3) is 0.143. The zero-order valence-corrected chi connectivity index (χ0v) is 10.3. The van der Waals surface area contributed by atoms with E-state index in [2.05, 4.69) is 4.98 Å². The molecule has 2 rings (SSSR count). The van der Waals surface area contributed by atoms with Gasteiger partial charge in [-0.3, -0.25) is 4.98 Å². The molecule has 0 atom stereocenters. The minimum atomic E-state index is -1.30. The number of hydrogen-bond donors (Lipinski definition) is 1. The Kier molecular flexibility index (Phi) is 3.75. The molecule has 1 aromatic heterocycles. The summed E-state index contributed by atoms with van der Waals surface area (Å²) in [6.07, 6.45) is 1.54. The summed E-state index contributed by atoms with van der Waals surface area (Å²) in [6, 6.07) is 7.69. The van der Waals surface area contributed by atoms with Crippen molar-refractivity contribution < 1.29 is 19.0 Å². The summed E-state index contributed by atoms with van der Waals surface area (Å²) in [5.74, 6) is -1.56. The first-order valence-corrected chi connectivity index (χ1v) is 5.64. The third kappa shape index (κ3) is 3.07. The lowest BCUT2D eigenvalue weighted by Crippen LogP contribution is -2.06. The Morgan fingerprint density at radius 2 is 2.16 bits per heavy atom. The van der Waals surface area contributed by atoms with Crippen LogP contribution in [0.3, 0.4) is 0 Å². The van der Waals surface area contributed by atoms with Gasteiger partial charge in [-0.1, -0.05) is 12.1 Å². The lowest BCUT2D eigenvalue weighted by atomic mass is 10.1. The Labute approximate surface area is 109 Å². The van der Waals surface area contributed by atoms with Crippen LogP contribution in [0.25, 0.3) is 0 Å². The number of aromatic nitrogens is 1. The molecule has 0 fully saturated rings. The minimum Gasteiger partial charge on any atom is -0.487 e. The molecule has 5 heteroatoms. The molecule has 1 N–H and O–H groups in total. The van der Waals surface area contributed by atoms with Crippen LogP contribution >= 0.6 is 0 Å². The molecule has 19 heavy (non-hydrogen) atoms. The van der Waals surface area contributed by atoms with Crippen molar-refractivity contribution in [1.29, 1.82) is 0 Å². The van der Waals surface area contributed by atoms with E-state index >= 15 is 0 Å². The first-order valence-electron chi connectivity index (χ1n) is 5.64. The molecular weight excluding hydrogens is 249 g/mol. The van der Waals surface area contributed by atoms with E-state index in [9.17, 15) is 9.18 Å². The predicted octanol–water partition coefficient (Wildman–Crippen LogP) is 2.81. The van der Waals surface area contributed by atoms with Crippen LogP contribution in [0.5, 0.6) is 5.75 Å². The molecule has 0 amide bonds. The molecule has 0 saturated heterocycles. The molecule has 0 aliphatic heterocycles. The molecule has 1 heterocycles. The van der Waals surface area contributed by atoms with Crippen LogP contribution < -0.4 is 4.74 Å². The lowest BCUT2D eigenvalue weighted by Gasteiger charge is -2.08. The topological polar surface area (TPSA) is 59.4 Å². The average Bonchev–Trinajstić information content (AvgIpc) is 2.39. The quantitative estimate of drug-likeness (QED) is 0.919. The van der Waals surface area contributed by atoms with Gasteiger partial charge in [0, 0.05) is 11.3 Å². The van der Waals surface area contributed by atoms with E-state index in [-0.39, 0.29) is 17.7 Å². The standard InChI is InChI=1S/C14H12FNO3/c1-9-5-6-11(7-16-9)19-8-10-3-2-4-12(13(10)15)14(17)18/h2-7H,8H2,1H3,(H,17,18). The number of hydrogen-bond acceptors (Lipinski definition) is 3. The van der Waals surface area contributed by atoms with Crippen LogP contribution in [0.4, 0.5) is 4.39 Å². The molecule has 98 valence electrons. The van der Waals surface area contributed by atoms with Gasteiger partial charge in [0.05, 0.1) is 11.8 Å². The van der Waals surface area contributed by atoms with E-state index in [0.29, 0.717) is 5.75 Å². The summed E-state index contributed by atoms with van der Waals surface area (Å²) < 4.78 is 19.2. The molecule has 0 bridgehead atoms. The van der Waals surface area contributed by atoms with Gasteiger partial charge in [0.15, 0.2) is 0 Å². The van der Waals surface area contributed by atoms with Gasteiger partial charge in [-0.15, -0.1) is 0 Å². The number of aromatic carboxylic acids is 1. The Morgan fingerprint density at radius 3 is 2.79 bits per heavy atom. The van der Waals surface area contributed by atoms with Gasteiger partial charge < -0.3 is 9.84 Å². The van der Waals surface area contributed by atoms with Gasteiger partial charge in [-0.25, -0.2) is 9.18 Å². The Bertz CT molecular complexity index is 596. The maximum absolute atomic E-state index is 13.8. The average molecular weight is 261 g/mol. The van der Waals surface area contributed by atoms with Crippen molar-refractivity contribution in [2.24, 2.45) is 0 Å². The Morgan fingerprint density at radius 1 is 1.37 bits per heavy atom. The SMILES string of the molecule is Cc1ccc(OCc2cccc(C(=O)O)c2F)cn1. The number of benzene rings is 1. The number of halogens is 1. The molecule has 1 aromatic carbocycles. The number of carboxylic acids is 1. The van der Waals surface area contributed by atoms with Crippen LogP contribution in [-0.2, 0) is 6.61 Å². The molecule has 0 spiro atoms. The van der Waals surface area contributed by atoms with Crippen LogP contribution in [0, 0.1) is 12.7 Å². The fourth-order valence-electron chi connectivity index (χ4n) is 1.56. The molecule has 0 aliphatic carbocycles. The first kappa shape index (κ1) is 13.0. The van der Waals surface area contributed by atoms with E-state index in [0.717, 1.165) is 5.69 Å². The fourth-order valence-corrected chi connectivity index (χ4v) is 1.56. The number of rotatable bonds is 4. The van der Waals surface area contributed by atoms with Crippen molar-refractivity contribution in [2.45, 2.75) is 13.5 Å². The summed E-state index contributed by atoms with van der Waals surface area (Å²) >= 11 is 0. The van der Waals surface area contributed by atoms with Gasteiger partial charge in [0.1, 0.15) is 18.2 Å². The minimum absolute atomic E-state index is 0.0440. The van der Waals surface area contributed by atoms with E-state index in [4.69, 9.17) is 9.84 Å². The molecule has 0 aliphatic rings. The predicted molar refractivity (Wildman–Crippen MR) is 66.7 cm³/mol. The second-order valence-electron chi connectivity index (χ2n) is 4.01. The lowest BCUT2D eigenvalue weighted by molar-refractivity contribution is 0.0691. The van der Waals surface area contributed by atoms with Crippen LogP contribution in [0.1, 0.15) is 21.6 Å². The zero-order chi connectivity index (χ0) is 13.8. The molecule has 2 aromatic rings. The summed E-state index contributed by atoms with van der Waals surface area (Å²) in [6.45, 7) is 1.80. The summed E-state index contributed by atoms with van der Waals surface area (Å²) in [7, 11) is 0. The third-order valence-corrected chi connectivity index (χ3v) is 2.59. The van der Waals surface area contributed by atoms with Crippen molar-refractivity contribution in [3.63, 3.8) is 0 Å². The largest absolute Gasteiger partial charge is 0.487 e. The Hall–Kier alpha value is -2.43. The molecule has 0 unspecified atom stereocenters. The number of pyridine rings is 1. The second kappa shape index (κ2) is 5.48.